The van der Waals surface area contributed by atoms with Crippen LogP contribution in [0.25, 0.3) is 11.0 Å². The zero-order valence-electron chi connectivity index (χ0n) is 14.7. The minimum Gasteiger partial charge on any atom is -0.493 e. The molecule has 0 atom stereocenters. The molecule has 5 rings (SSSR count). The van der Waals surface area contributed by atoms with Crippen LogP contribution in [0.3, 0.4) is 0 Å². The summed E-state index contributed by atoms with van der Waals surface area (Å²) in [5, 5.41) is 0.838. The number of carbonyl (C=O) groups is 1. The van der Waals surface area contributed by atoms with Gasteiger partial charge < -0.3 is 13.9 Å². The van der Waals surface area contributed by atoms with Crippen LogP contribution in [0.1, 0.15) is 39.0 Å². The van der Waals surface area contributed by atoms with Crippen molar-refractivity contribution in [1.29, 1.82) is 0 Å². The number of carbonyl (C=O) groups excluding carboxylic acids is 1. The second-order valence-corrected chi connectivity index (χ2v) is 7.06. The minimum atomic E-state index is -0.429. The van der Waals surface area contributed by atoms with E-state index in [0.717, 1.165) is 42.4 Å². The van der Waals surface area contributed by atoms with Crippen LogP contribution < -0.4 is 10.4 Å². The Balaban J connectivity index is 1.43. The monoisotopic (exact) mass is 362 g/mol. The summed E-state index contributed by atoms with van der Waals surface area (Å²) in [6.45, 7) is 0.678. The van der Waals surface area contributed by atoms with Gasteiger partial charge in [-0.1, -0.05) is 0 Å². The van der Waals surface area contributed by atoms with Gasteiger partial charge in [0, 0.05) is 23.4 Å². The number of hydrogen-bond acceptors (Lipinski definition) is 5. The summed E-state index contributed by atoms with van der Waals surface area (Å²) >= 11 is 0. The third-order valence-corrected chi connectivity index (χ3v) is 5.33. The number of rotatable bonds is 3. The van der Waals surface area contributed by atoms with Gasteiger partial charge in [-0.2, -0.15) is 0 Å². The van der Waals surface area contributed by atoms with Gasteiger partial charge in [0.05, 0.1) is 12.2 Å². The Kier molecular flexibility index (Phi) is 3.74. The van der Waals surface area contributed by atoms with Gasteiger partial charge in [0.15, 0.2) is 0 Å². The molecule has 0 amide bonds. The van der Waals surface area contributed by atoms with Gasteiger partial charge in [-0.05, 0) is 66.3 Å². The Morgan fingerprint density at radius 3 is 2.74 bits per heavy atom. The van der Waals surface area contributed by atoms with Crippen molar-refractivity contribution in [2.75, 3.05) is 6.61 Å². The van der Waals surface area contributed by atoms with Crippen LogP contribution in [0.2, 0.25) is 0 Å². The van der Waals surface area contributed by atoms with Gasteiger partial charge in [-0.3, -0.25) is 0 Å². The fraction of sp³-hybridized carbons (Fsp3) is 0.273. The zero-order valence-corrected chi connectivity index (χ0v) is 14.7. The first-order valence-corrected chi connectivity index (χ1v) is 9.19. The van der Waals surface area contributed by atoms with Crippen LogP contribution in [0.5, 0.6) is 5.75 Å². The highest BCUT2D eigenvalue weighted by Gasteiger charge is 2.18. The fourth-order valence-corrected chi connectivity index (χ4v) is 3.95. The summed E-state index contributed by atoms with van der Waals surface area (Å²) in [6, 6.07) is 10.7. The first-order chi connectivity index (χ1) is 13.2. The lowest BCUT2D eigenvalue weighted by Crippen LogP contribution is -2.08. The van der Waals surface area contributed by atoms with Crippen LogP contribution in [0.4, 0.5) is 0 Å². The summed E-state index contributed by atoms with van der Waals surface area (Å²) in [7, 11) is 0. The molecule has 0 radical (unpaired) electrons. The van der Waals surface area contributed by atoms with Crippen LogP contribution in [0.15, 0.2) is 45.6 Å². The number of esters is 1. The molecule has 5 nitrogen and oxygen atoms in total. The molecule has 0 bridgehead atoms. The summed E-state index contributed by atoms with van der Waals surface area (Å²) in [6.07, 6.45) is 3.95. The van der Waals surface area contributed by atoms with E-state index in [4.69, 9.17) is 13.9 Å². The molecule has 136 valence electrons. The maximum Gasteiger partial charge on any atom is 0.338 e. The average Bonchev–Trinajstić information content (AvgIpc) is 3.31. The second kappa shape index (κ2) is 6.27. The standard InChI is InChI=1S/C22H18O5/c23-21-11-17(18-9-13-2-1-3-14(13)10-20(18)27-21)12-26-22(24)16-4-5-19-15(8-16)6-7-25-19/h4-5,8-11H,1-3,6-7,12H2. The normalized spacial score (nSPS) is 14.7. The quantitative estimate of drug-likeness (QED) is 0.526. The van der Waals surface area contributed by atoms with Crippen LogP contribution in [-0.4, -0.2) is 12.6 Å². The molecule has 3 aromatic rings. The first kappa shape index (κ1) is 16.1. The SMILES string of the molecule is O=C(OCc1cc(=O)oc2cc3c(cc12)CCC3)c1ccc2c(c1)CCO2. The Labute approximate surface area is 155 Å². The highest BCUT2D eigenvalue weighted by Crippen LogP contribution is 2.29. The Hall–Kier alpha value is -3.08. The Morgan fingerprint density at radius 2 is 1.85 bits per heavy atom. The Bertz CT molecular complexity index is 1130. The average molecular weight is 362 g/mol. The van der Waals surface area contributed by atoms with E-state index < -0.39 is 11.6 Å². The molecular formula is C22H18O5. The molecule has 0 spiro atoms. The molecule has 27 heavy (non-hydrogen) atoms. The van der Waals surface area contributed by atoms with Gasteiger partial charge in [0.1, 0.15) is 17.9 Å². The molecule has 0 fully saturated rings. The minimum absolute atomic E-state index is 0.0350. The fourth-order valence-electron chi connectivity index (χ4n) is 3.95. The highest BCUT2D eigenvalue weighted by atomic mass is 16.5. The molecular weight excluding hydrogens is 344 g/mol. The molecule has 5 heteroatoms. The molecule has 2 heterocycles. The van der Waals surface area contributed by atoms with E-state index in [1.54, 1.807) is 12.1 Å². The van der Waals surface area contributed by atoms with Crippen molar-refractivity contribution < 1.29 is 18.7 Å². The van der Waals surface area contributed by atoms with E-state index in [-0.39, 0.29) is 6.61 Å². The van der Waals surface area contributed by atoms with Gasteiger partial charge >= 0.3 is 11.6 Å². The molecule has 0 saturated carbocycles. The molecule has 0 unspecified atom stereocenters. The predicted molar refractivity (Wildman–Crippen MR) is 99.3 cm³/mol. The van der Waals surface area contributed by atoms with Gasteiger partial charge in [-0.25, -0.2) is 9.59 Å². The van der Waals surface area contributed by atoms with Crippen molar-refractivity contribution >= 4 is 16.9 Å². The van der Waals surface area contributed by atoms with Crippen molar-refractivity contribution in [2.24, 2.45) is 0 Å². The third kappa shape index (κ3) is 2.89. The van der Waals surface area contributed by atoms with Gasteiger partial charge in [0.25, 0.3) is 0 Å². The molecule has 1 aliphatic carbocycles. The van der Waals surface area contributed by atoms with Crippen LogP contribution in [0, 0.1) is 0 Å². The van der Waals surface area contributed by atoms with E-state index in [1.807, 2.05) is 12.1 Å². The Morgan fingerprint density at radius 1 is 1.00 bits per heavy atom. The number of aryl methyl sites for hydroxylation is 2. The van der Waals surface area contributed by atoms with Crippen molar-refractivity contribution in [3.63, 3.8) is 0 Å². The molecule has 2 aromatic carbocycles. The zero-order chi connectivity index (χ0) is 18.4. The van der Waals surface area contributed by atoms with Gasteiger partial charge in [0.2, 0.25) is 0 Å². The van der Waals surface area contributed by atoms with E-state index in [1.165, 1.54) is 17.2 Å². The summed E-state index contributed by atoms with van der Waals surface area (Å²) < 4.78 is 16.3. The highest BCUT2D eigenvalue weighted by molar-refractivity contribution is 5.90. The van der Waals surface area contributed by atoms with E-state index in [2.05, 4.69) is 6.07 Å². The number of benzene rings is 2. The number of hydrogen-bond donors (Lipinski definition) is 0. The van der Waals surface area contributed by atoms with E-state index in [9.17, 15) is 9.59 Å². The van der Waals surface area contributed by atoms with Crippen molar-refractivity contribution in [3.05, 3.63) is 74.6 Å². The maximum atomic E-state index is 12.5. The van der Waals surface area contributed by atoms with E-state index >= 15 is 0 Å². The summed E-state index contributed by atoms with van der Waals surface area (Å²) in [5.74, 6) is 0.416. The molecule has 1 aliphatic heterocycles. The summed E-state index contributed by atoms with van der Waals surface area (Å²) in [5.41, 5.74) is 4.83. The van der Waals surface area contributed by atoms with Gasteiger partial charge in [-0.15, -0.1) is 0 Å². The molecule has 2 aliphatic rings. The predicted octanol–water partition coefficient (Wildman–Crippen LogP) is 3.57. The lowest BCUT2D eigenvalue weighted by molar-refractivity contribution is 0.0473. The lowest BCUT2D eigenvalue weighted by Gasteiger charge is -2.09. The van der Waals surface area contributed by atoms with E-state index in [0.29, 0.717) is 23.3 Å². The van der Waals surface area contributed by atoms with Crippen molar-refractivity contribution in [2.45, 2.75) is 32.3 Å². The molecule has 0 saturated heterocycles. The topological polar surface area (TPSA) is 65.7 Å². The first-order valence-electron chi connectivity index (χ1n) is 9.19. The van der Waals surface area contributed by atoms with Crippen LogP contribution >= 0.6 is 0 Å². The smallest absolute Gasteiger partial charge is 0.338 e. The second-order valence-electron chi connectivity index (χ2n) is 7.06. The maximum absolute atomic E-state index is 12.5. The number of fused-ring (bicyclic) bond motifs is 3. The van der Waals surface area contributed by atoms with Crippen molar-refractivity contribution in [1.82, 2.24) is 0 Å². The number of ether oxygens (including phenoxy) is 2. The molecule has 1 aromatic heterocycles. The van der Waals surface area contributed by atoms with Crippen LogP contribution in [-0.2, 0) is 30.6 Å². The lowest BCUT2D eigenvalue weighted by atomic mass is 10.0. The molecule has 0 N–H and O–H groups in total. The van der Waals surface area contributed by atoms with Crippen molar-refractivity contribution in [3.8, 4) is 5.75 Å². The third-order valence-electron chi connectivity index (χ3n) is 5.33. The summed E-state index contributed by atoms with van der Waals surface area (Å²) in [4.78, 5) is 24.4. The largest absolute Gasteiger partial charge is 0.493 e.